The number of hydrogen-bond donors (Lipinski definition) is 2. The smallest absolute Gasteiger partial charge is 0.0910 e. The lowest BCUT2D eigenvalue weighted by molar-refractivity contribution is -0.0654. The maximum Gasteiger partial charge on any atom is 0.0910 e. The van der Waals surface area contributed by atoms with Crippen molar-refractivity contribution >= 4 is 0 Å². The van der Waals surface area contributed by atoms with Crippen LogP contribution >= 0.6 is 0 Å². The number of benzene rings is 1. The van der Waals surface area contributed by atoms with Gasteiger partial charge >= 0.3 is 0 Å². The summed E-state index contributed by atoms with van der Waals surface area (Å²) in [6.07, 6.45) is 2.71. The third kappa shape index (κ3) is 2.61. The molecule has 0 spiro atoms. The fourth-order valence-electron chi connectivity index (χ4n) is 3.62. The predicted octanol–water partition coefficient (Wildman–Crippen LogP) is 1.67. The Balaban J connectivity index is 1.79. The molecule has 2 heterocycles. The summed E-state index contributed by atoms with van der Waals surface area (Å²) in [6, 6.07) is 7.23. The van der Waals surface area contributed by atoms with E-state index in [1.807, 2.05) is 0 Å². The second-order valence-corrected chi connectivity index (χ2v) is 6.17. The Hall–Kier alpha value is -0.940. The maximum absolute atomic E-state index is 6.10. The summed E-state index contributed by atoms with van der Waals surface area (Å²) in [5.74, 6) is 5.83. The number of nitrogens with one attached hydrogen (secondary N) is 1. The van der Waals surface area contributed by atoms with E-state index in [2.05, 4.69) is 42.4 Å². The highest BCUT2D eigenvalue weighted by Crippen LogP contribution is 2.29. The lowest BCUT2D eigenvalue weighted by Crippen LogP contribution is -2.51. The molecule has 0 radical (unpaired) electrons. The van der Waals surface area contributed by atoms with Crippen molar-refractivity contribution in [2.24, 2.45) is 5.84 Å². The van der Waals surface area contributed by atoms with Crippen molar-refractivity contribution in [2.75, 3.05) is 19.7 Å². The molecule has 0 aromatic heterocycles. The summed E-state index contributed by atoms with van der Waals surface area (Å²) in [6.45, 7) is 7.29. The zero-order valence-electron chi connectivity index (χ0n) is 12.4. The molecule has 0 amide bonds. The summed E-state index contributed by atoms with van der Waals surface area (Å²) in [5.41, 5.74) is 6.79. The Bertz CT molecular complexity index is 477. The van der Waals surface area contributed by atoms with Gasteiger partial charge in [0.25, 0.3) is 0 Å². The maximum atomic E-state index is 6.10. The van der Waals surface area contributed by atoms with E-state index in [9.17, 15) is 0 Å². The molecule has 1 aromatic carbocycles. The third-order valence-corrected chi connectivity index (χ3v) is 4.73. The minimum Gasteiger partial charge on any atom is -0.373 e. The molecule has 2 saturated heterocycles. The minimum absolute atomic E-state index is 0.0668. The molecule has 2 aliphatic rings. The average Bonchev–Trinajstić information content (AvgIpc) is 2.89. The van der Waals surface area contributed by atoms with Gasteiger partial charge in [-0.15, -0.1) is 0 Å². The zero-order valence-corrected chi connectivity index (χ0v) is 12.4. The van der Waals surface area contributed by atoms with Gasteiger partial charge in [0.1, 0.15) is 0 Å². The summed E-state index contributed by atoms with van der Waals surface area (Å²) >= 11 is 0. The fourth-order valence-corrected chi connectivity index (χ4v) is 3.62. The summed E-state index contributed by atoms with van der Waals surface area (Å²) < 4.78 is 6.10. The van der Waals surface area contributed by atoms with Gasteiger partial charge in [0.05, 0.1) is 18.8 Å². The molecule has 2 aliphatic heterocycles. The van der Waals surface area contributed by atoms with Gasteiger partial charge in [-0.3, -0.25) is 16.2 Å². The Morgan fingerprint density at radius 1 is 1.40 bits per heavy atom. The topological polar surface area (TPSA) is 50.5 Å². The van der Waals surface area contributed by atoms with Crippen LogP contribution < -0.4 is 11.3 Å². The molecular formula is C16H25N3O. The highest BCUT2D eigenvalue weighted by atomic mass is 16.5. The molecule has 20 heavy (non-hydrogen) atoms. The molecule has 0 aliphatic carbocycles. The quantitative estimate of drug-likeness (QED) is 0.651. The van der Waals surface area contributed by atoms with Crippen LogP contribution in [0.1, 0.15) is 35.6 Å². The average molecular weight is 275 g/mol. The first kappa shape index (κ1) is 14.0. The van der Waals surface area contributed by atoms with Crippen molar-refractivity contribution < 1.29 is 4.74 Å². The standard InChI is InChI=1S/C16H25N3O/c1-11-5-6-14(12(2)8-11)16(18-17)15-9-19-7-3-4-13(19)10-20-15/h5-6,8,13,15-16,18H,3-4,7,9-10,17H2,1-2H3. The Morgan fingerprint density at radius 3 is 3.00 bits per heavy atom. The third-order valence-electron chi connectivity index (χ3n) is 4.73. The lowest BCUT2D eigenvalue weighted by Gasteiger charge is -2.39. The van der Waals surface area contributed by atoms with Crippen LogP contribution in [-0.4, -0.2) is 36.7 Å². The SMILES string of the molecule is Cc1ccc(C(NN)C2CN3CCCC3CO2)c(C)c1. The van der Waals surface area contributed by atoms with Crippen LogP contribution in [0.4, 0.5) is 0 Å². The Kier molecular flexibility index (Phi) is 4.08. The first-order chi connectivity index (χ1) is 9.69. The number of ether oxygens (including phenoxy) is 1. The van der Waals surface area contributed by atoms with Crippen LogP contribution in [0, 0.1) is 13.8 Å². The van der Waals surface area contributed by atoms with Crippen molar-refractivity contribution in [3.8, 4) is 0 Å². The Labute approximate surface area is 121 Å². The summed E-state index contributed by atoms with van der Waals surface area (Å²) in [7, 11) is 0. The number of nitrogens with zero attached hydrogens (tertiary/aromatic N) is 1. The van der Waals surface area contributed by atoms with Crippen LogP contribution in [0.3, 0.4) is 0 Å². The predicted molar refractivity (Wildman–Crippen MR) is 80.3 cm³/mol. The number of aryl methyl sites for hydroxylation is 2. The lowest BCUT2D eigenvalue weighted by atomic mass is 9.94. The summed E-state index contributed by atoms with van der Waals surface area (Å²) in [4.78, 5) is 2.56. The highest BCUT2D eigenvalue weighted by Gasteiger charge is 2.36. The van der Waals surface area contributed by atoms with Crippen LogP contribution in [0.15, 0.2) is 18.2 Å². The monoisotopic (exact) mass is 275 g/mol. The summed E-state index contributed by atoms with van der Waals surface area (Å²) in [5, 5.41) is 0. The van der Waals surface area contributed by atoms with Gasteiger partial charge in [0, 0.05) is 12.6 Å². The van der Waals surface area contributed by atoms with Crippen molar-refractivity contribution in [3.63, 3.8) is 0 Å². The molecule has 0 saturated carbocycles. The number of morpholine rings is 1. The molecule has 3 rings (SSSR count). The molecule has 3 N–H and O–H groups in total. The van der Waals surface area contributed by atoms with Gasteiger partial charge < -0.3 is 4.74 Å². The number of hydrogen-bond acceptors (Lipinski definition) is 4. The Morgan fingerprint density at radius 2 is 2.25 bits per heavy atom. The van der Waals surface area contributed by atoms with Crippen molar-refractivity contribution in [1.29, 1.82) is 0 Å². The van der Waals surface area contributed by atoms with Crippen LogP contribution in [-0.2, 0) is 4.74 Å². The fraction of sp³-hybridized carbons (Fsp3) is 0.625. The van der Waals surface area contributed by atoms with E-state index in [4.69, 9.17) is 10.6 Å². The number of nitrogens with two attached hydrogens (primary N) is 1. The molecule has 4 nitrogen and oxygen atoms in total. The minimum atomic E-state index is 0.0668. The van der Waals surface area contributed by atoms with E-state index in [0.29, 0.717) is 6.04 Å². The molecule has 1 aromatic rings. The van der Waals surface area contributed by atoms with E-state index in [-0.39, 0.29) is 12.1 Å². The van der Waals surface area contributed by atoms with E-state index in [1.54, 1.807) is 0 Å². The van der Waals surface area contributed by atoms with Gasteiger partial charge in [-0.2, -0.15) is 0 Å². The molecule has 0 bridgehead atoms. The molecular weight excluding hydrogens is 250 g/mol. The molecule has 2 fully saturated rings. The van der Waals surface area contributed by atoms with E-state index in [0.717, 1.165) is 13.2 Å². The van der Waals surface area contributed by atoms with Crippen molar-refractivity contribution in [1.82, 2.24) is 10.3 Å². The van der Waals surface area contributed by atoms with E-state index in [1.165, 1.54) is 36.1 Å². The van der Waals surface area contributed by atoms with Crippen LogP contribution in [0.5, 0.6) is 0 Å². The van der Waals surface area contributed by atoms with E-state index >= 15 is 0 Å². The number of fused-ring (bicyclic) bond motifs is 1. The van der Waals surface area contributed by atoms with Crippen LogP contribution in [0.2, 0.25) is 0 Å². The molecule has 4 heteroatoms. The largest absolute Gasteiger partial charge is 0.373 e. The van der Waals surface area contributed by atoms with Gasteiger partial charge in [-0.25, -0.2) is 0 Å². The molecule has 3 unspecified atom stereocenters. The first-order valence-electron chi connectivity index (χ1n) is 7.58. The van der Waals surface area contributed by atoms with Gasteiger partial charge in [-0.1, -0.05) is 23.8 Å². The number of hydrazine groups is 1. The van der Waals surface area contributed by atoms with Crippen molar-refractivity contribution in [3.05, 3.63) is 34.9 Å². The number of rotatable bonds is 3. The second kappa shape index (κ2) is 5.82. The first-order valence-corrected chi connectivity index (χ1v) is 7.58. The van der Waals surface area contributed by atoms with Crippen LogP contribution in [0.25, 0.3) is 0 Å². The van der Waals surface area contributed by atoms with Gasteiger partial charge in [-0.05, 0) is 44.4 Å². The van der Waals surface area contributed by atoms with Gasteiger partial charge in [0.15, 0.2) is 0 Å². The highest BCUT2D eigenvalue weighted by molar-refractivity contribution is 5.33. The normalized spacial score (nSPS) is 28.4. The van der Waals surface area contributed by atoms with E-state index < -0.39 is 0 Å². The van der Waals surface area contributed by atoms with Gasteiger partial charge in [0.2, 0.25) is 0 Å². The zero-order chi connectivity index (χ0) is 14.1. The van der Waals surface area contributed by atoms with Crippen molar-refractivity contribution in [2.45, 2.75) is 44.9 Å². The molecule has 3 atom stereocenters. The molecule has 110 valence electrons. The second-order valence-electron chi connectivity index (χ2n) is 6.17.